The van der Waals surface area contributed by atoms with E-state index in [0.29, 0.717) is 37.3 Å². The fourth-order valence-corrected chi connectivity index (χ4v) is 2.70. The van der Waals surface area contributed by atoms with Crippen molar-refractivity contribution in [1.82, 2.24) is 0 Å². The maximum absolute atomic E-state index is 11.3. The molecule has 1 saturated carbocycles. The molecule has 0 bridgehead atoms. The highest BCUT2D eigenvalue weighted by molar-refractivity contribution is 6.30. The Kier molecular flexibility index (Phi) is 4.13. The number of Topliss-reactive ketones (excluding diaryl/α,β-unsaturated/α-hetero) is 1. The Hall–Kier alpha value is -1.20. The quantitative estimate of drug-likeness (QED) is 0.784. The lowest BCUT2D eigenvalue weighted by atomic mass is 9.93. The summed E-state index contributed by atoms with van der Waals surface area (Å²) in [5.41, 5.74) is 1.72. The van der Waals surface area contributed by atoms with Gasteiger partial charge in [-0.25, -0.2) is 9.78 Å². The van der Waals surface area contributed by atoms with Gasteiger partial charge in [0.25, 0.3) is 0 Å². The number of carbonyl (C=O) groups excluding carboxylic acids is 1. The van der Waals surface area contributed by atoms with Gasteiger partial charge in [0, 0.05) is 30.7 Å². The molecule has 0 aromatic heterocycles. The average Bonchev–Trinajstić information content (AvgIpc) is 2.51. The molecule has 1 saturated heterocycles. The summed E-state index contributed by atoms with van der Waals surface area (Å²) in [6.45, 7) is 4.41. The zero-order valence-electron chi connectivity index (χ0n) is 11.6. The SMILES string of the molecule is C=C(c1ccc(Cl)cc1)C1COC2(CCC(=O)CC2)OO1. The lowest BCUT2D eigenvalue weighted by molar-refractivity contribution is -0.481. The number of hydrogen-bond acceptors (Lipinski definition) is 4. The van der Waals surface area contributed by atoms with Crippen LogP contribution in [0.3, 0.4) is 0 Å². The Balaban J connectivity index is 1.61. The molecule has 2 aliphatic rings. The Bertz CT molecular complexity index is 532. The van der Waals surface area contributed by atoms with Crippen molar-refractivity contribution in [3.63, 3.8) is 0 Å². The van der Waals surface area contributed by atoms with Crippen LogP contribution in [0.25, 0.3) is 5.57 Å². The van der Waals surface area contributed by atoms with Crippen LogP contribution in [0.5, 0.6) is 0 Å². The third kappa shape index (κ3) is 3.19. The second kappa shape index (κ2) is 5.89. The Morgan fingerprint density at radius 2 is 1.90 bits per heavy atom. The first-order chi connectivity index (χ1) is 10.1. The molecule has 112 valence electrons. The maximum atomic E-state index is 11.3. The molecule has 2 fully saturated rings. The first-order valence-corrected chi connectivity index (χ1v) is 7.41. The normalized spacial score (nSPS) is 25.0. The molecule has 1 unspecified atom stereocenters. The number of benzene rings is 1. The third-order valence-corrected chi connectivity index (χ3v) is 4.24. The lowest BCUT2D eigenvalue weighted by Gasteiger charge is -2.40. The standard InChI is InChI=1S/C16H17ClO4/c1-11(12-2-4-13(17)5-3-12)15-10-19-16(21-20-15)8-6-14(18)7-9-16/h2-5,15H,1,6-10H2. The Morgan fingerprint density at radius 1 is 1.24 bits per heavy atom. The summed E-state index contributed by atoms with van der Waals surface area (Å²) in [5, 5.41) is 0.675. The van der Waals surface area contributed by atoms with Gasteiger partial charge in [-0.2, -0.15) is 0 Å². The Labute approximate surface area is 128 Å². The highest BCUT2D eigenvalue weighted by Crippen LogP contribution is 2.36. The van der Waals surface area contributed by atoms with E-state index in [1.54, 1.807) is 12.1 Å². The topological polar surface area (TPSA) is 44.8 Å². The molecule has 1 heterocycles. The van der Waals surface area contributed by atoms with Gasteiger partial charge in [0.2, 0.25) is 5.79 Å². The summed E-state index contributed by atoms with van der Waals surface area (Å²) in [6.07, 6.45) is 1.70. The fraction of sp³-hybridized carbons (Fsp3) is 0.438. The van der Waals surface area contributed by atoms with Gasteiger partial charge < -0.3 is 4.74 Å². The largest absolute Gasteiger partial charge is 0.344 e. The molecule has 1 aromatic rings. The van der Waals surface area contributed by atoms with Crippen molar-refractivity contribution in [1.29, 1.82) is 0 Å². The van der Waals surface area contributed by atoms with Crippen LogP contribution in [0.15, 0.2) is 30.8 Å². The van der Waals surface area contributed by atoms with Crippen molar-refractivity contribution in [2.24, 2.45) is 0 Å². The van der Waals surface area contributed by atoms with Gasteiger partial charge in [0.05, 0.1) is 6.61 Å². The number of hydrogen-bond donors (Lipinski definition) is 0. The van der Waals surface area contributed by atoms with E-state index in [1.165, 1.54) is 0 Å². The molecule has 21 heavy (non-hydrogen) atoms. The van der Waals surface area contributed by atoms with E-state index in [2.05, 4.69) is 6.58 Å². The Morgan fingerprint density at radius 3 is 2.48 bits per heavy atom. The molecule has 1 atom stereocenters. The molecule has 3 rings (SSSR count). The van der Waals surface area contributed by atoms with Crippen LogP contribution in [-0.2, 0) is 19.3 Å². The molecule has 0 radical (unpaired) electrons. The van der Waals surface area contributed by atoms with E-state index in [9.17, 15) is 4.79 Å². The zero-order valence-corrected chi connectivity index (χ0v) is 12.4. The number of carbonyl (C=O) groups is 1. The molecular formula is C16H17ClO4. The smallest absolute Gasteiger partial charge is 0.202 e. The number of halogens is 1. The van der Waals surface area contributed by atoms with Crippen molar-refractivity contribution < 1.29 is 19.3 Å². The molecule has 5 heteroatoms. The van der Waals surface area contributed by atoms with Gasteiger partial charge in [-0.15, -0.1) is 0 Å². The summed E-state index contributed by atoms with van der Waals surface area (Å²) < 4.78 is 5.85. The summed E-state index contributed by atoms with van der Waals surface area (Å²) in [5.74, 6) is -0.509. The second-order valence-corrected chi connectivity index (χ2v) is 5.90. The number of rotatable bonds is 2. The molecular weight excluding hydrogens is 292 g/mol. The highest BCUT2D eigenvalue weighted by Gasteiger charge is 2.43. The van der Waals surface area contributed by atoms with Crippen LogP contribution < -0.4 is 0 Å². The van der Waals surface area contributed by atoms with Gasteiger partial charge >= 0.3 is 0 Å². The lowest BCUT2D eigenvalue weighted by Crippen LogP contribution is -2.47. The van der Waals surface area contributed by atoms with E-state index in [4.69, 9.17) is 26.1 Å². The van der Waals surface area contributed by atoms with Crippen molar-refractivity contribution in [3.05, 3.63) is 41.4 Å². The molecule has 1 aromatic carbocycles. The fourth-order valence-electron chi connectivity index (χ4n) is 2.57. The van der Waals surface area contributed by atoms with Crippen LogP contribution >= 0.6 is 11.6 Å². The number of ketones is 1. The summed E-state index contributed by atoms with van der Waals surface area (Å²) in [6, 6.07) is 7.39. The van der Waals surface area contributed by atoms with Gasteiger partial charge in [-0.1, -0.05) is 30.3 Å². The minimum Gasteiger partial charge on any atom is -0.344 e. The number of ether oxygens (including phenoxy) is 1. The molecule has 0 amide bonds. The van der Waals surface area contributed by atoms with Crippen molar-refractivity contribution in [3.8, 4) is 0 Å². The van der Waals surface area contributed by atoms with Crippen molar-refractivity contribution >= 4 is 23.0 Å². The highest BCUT2D eigenvalue weighted by atomic mass is 35.5. The summed E-state index contributed by atoms with van der Waals surface area (Å²) >= 11 is 5.87. The van der Waals surface area contributed by atoms with Crippen LogP contribution in [0, 0.1) is 0 Å². The first-order valence-electron chi connectivity index (χ1n) is 7.03. The van der Waals surface area contributed by atoms with Gasteiger partial charge in [-0.3, -0.25) is 4.79 Å². The van der Waals surface area contributed by atoms with E-state index in [-0.39, 0.29) is 11.9 Å². The second-order valence-electron chi connectivity index (χ2n) is 5.46. The predicted octanol–water partition coefficient (Wildman–Crippen LogP) is 3.54. The van der Waals surface area contributed by atoms with E-state index in [0.717, 1.165) is 11.1 Å². The van der Waals surface area contributed by atoms with Crippen molar-refractivity contribution in [2.45, 2.75) is 37.6 Å². The summed E-state index contributed by atoms with van der Waals surface area (Å²) in [4.78, 5) is 22.3. The molecule has 1 aliphatic carbocycles. The van der Waals surface area contributed by atoms with E-state index < -0.39 is 5.79 Å². The van der Waals surface area contributed by atoms with Crippen LogP contribution in [-0.4, -0.2) is 24.3 Å². The van der Waals surface area contributed by atoms with Crippen LogP contribution in [0.4, 0.5) is 0 Å². The summed E-state index contributed by atoms with van der Waals surface area (Å²) in [7, 11) is 0. The van der Waals surface area contributed by atoms with Crippen molar-refractivity contribution in [2.75, 3.05) is 6.61 Å². The monoisotopic (exact) mass is 308 g/mol. The van der Waals surface area contributed by atoms with Crippen LogP contribution in [0.2, 0.25) is 5.02 Å². The predicted molar refractivity (Wildman–Crippen MR) is 78.6 cm³/mol. The molecule has 1 aliphatic heterocycles. The minimum absolute atomic E-state index is 0.250. The van der Waals surface area contributed by atoms with Gasteiger partial charge in [-0.05, 0) is 23.3 Å². The van der Waals surface area contributed by atoms with E-state index in [1.807, 2.05) is 12.1 Å². The van der Waals surface area contributed by atoms with Gasteiger partial charge in [0.15, 0.2) is 0 Å². The minimum atomic E-state index is -0.759. The maximum Gasteiger partial charge on any atom is 0.202 e. The average molecular weight is 309 g/mol. The molecule has 1 spiro atoms. The third-order valence-electron chi connectivity index (χ3n) is 3.99. The van der Waals surface area contributed by atoms with E-state index >= 15 is 0 Å². The van der Waals surface area contributed by atoms with Gasteiger partial charge in [0.1, 0.15) is 11.9 Å². The first kappa shape index (κ1) is 14.7. The zero-order chi connectivity index (χ0) is 14.9. The molecule has 0 N–H and O–H groups in total. The van der Waals surface area contributed by atoms with Crippen LogP contribution in [0.1, 0.15) is 31.2 Å². The molecule has 4 nitrogen and oxygen atoms in total.